The maximum Gasteiger partial charge on any atom is 0.0389 e. The Kier molecular flexibility index (Phi) is 5.24. The fourth-order valence-electron chi connectivity index (χ4n) is 1.84. The van der Waals surface area contributed by atoms with Gasteiger partial charge in [0.1, 0.15) is 0 Å². The summed E-state index contributed by atoms with van der Waals surface area (Å²) in [6.45, 7) is 2.17. The minimum atomic E-state index is 0.176. The Morgan fingerprint density at radius 3 is 2.83 bits per heavy atom. The monoisotopic (exact) mass is 435 g/mol. The zero-order valence-corrected chi connectivity index (χ0v) is 14.7. The van der Waals surface area contributed by atoms with Crippen LogP contribution in [0.3, 0.4) is 0 Å². The first-order chi connectivity index (χ1) is 8.61. The van der Waals surface area contributed by atoms with Gasteiger partial charge in [-0.3, -0.25) is 0 Å². The molecule has 4 heteroatoms. The lowest BCUT2D eigenvalue weighted by atomic mass is 10.1. The summed E-state index contributed by atoms with van der Waals surface area (Å²) in [5, 5.41) is 0. The van der Waals surface area contributed by atoms with Crippen molar-refractivity contribution in [3.8, 4) is 10.4 Å². The zero-order chi connectivity index (χ0) is 13.1. The second-order valence-corrected chi connectivity index (χ2v) is 7.44. The van der Waals surface area contributed by atoms with Gasteiger partial charge in [0.05, 0.1) is 0 Å². The molecule has 96 valence electrons. The normalized spacial score (nSPS) is 12.7. The van der Waals surface area contributed by atoms with Crippen molar-refractivity contribution in [2.75, 3.05) is 0 Å². The molecule has 2 aromatic rings. The van der Waals surface area contributed by atoms with Crippen LogP contribution >= 0.6 is 49.9 Å². The molecule has 1 aromatic heterocycles. The van der Waals surface area contributed by atoms with Crippen LogP contribution in [0.4, 0.5) is 0 Å². The van der Waals surface area contributed by atoms with Crippen molar-refractivity contribution in [2.45, 2.75) is 25.8 Å². The van der Waals surface area contributed by atoms with Crippen molar-refractivity contribution in [1.82, 2.24) is 0 Å². The van der Waals surface area contributed by atoms with Gasteiger partial charge in [0.15, 0.2) is 0 Å². The topological polar surface area (TPSA) is 26.0 Å². The van der Waals surface area contributed by atoms with Crippen LogP contribution in [0.15, 0.2) is 34.8 Å². The molecule has 2 N–H and O–H groups in total. The summed E-state index contributed by atoms with van der Waals surface area (Å²) in [6.07, 6.45) is 2.18. The van der Waals surface area contributed by atoms with Crippen LogP contribution in [-0.2, 0) is 0 Å². The SMILES string of the molecule is CCCC(N)c1ccc(-c2cc(I)ccc2Br)s1. The standard InChI is InChI=1S/C14H15BrINS/c1-2-3-12(17)14-7-6-13(18-14)10-8-9(16)4-5-11(10)15/h4-8,12H,2-3,17H2,1H3. The average Bonchev–Trinajstić information content (AvgIpc) is 2.82. The van der Waals surface area contributed by atoms with Crippen molar-refractivity contribution in [3.63, 3.8) is 0 Å². The van der Waals surface area contributed by atoms with Crippen molar-refractivity contribution in [1.29, 1.82) is 0 Å². The molecule has 0 amide bonds. The van der Waals surface area contributed by atoms with E-state index in [-0.39, 0.29) is 6.04 Å². The lowest BCUT2D eigenvalue weighted by Gasteiger charge is -2.07. The van der Waals surface area contributed by atoms with Crippen LogP contribution < -0.4 is 5.73 Å². The molecular formula is C14H15BrINS. The maximum absolute atomic E-state index is 6.16. The third kappa shape index (κ3) is 3.35. The second kappa shape index (κ2) is 6.50. The highest BCUT2D eigenvalue weighted by atomic mass is 127. The van der Waals surface area contributed by atoms with E-state index in [0.29, 0.717) is 0 Å². The van der Waals surface area contributed by atoms with Gasteiger partial charge in [0, 0.05) is 29.4 Å². The molecule has 2 rings (SSSR count). The number of nitrogens with two attached hydrogens (primary N) is 1. The fourth-order valence-corrected chi connectivity index (χ4v) is 3.99. The Bertz CT molecular complexity index is 538. The molecule has 0 fully saturated rings. The van der Waals surface area contributed by atoms with E-state index in [2.05, 4.69) is 75.8 Å². The van der Waals surface area contributed by atoms with E-state index >= 15 is 0 Å². The van der Waals surface area contributed by atoms with Crippen LogP contribution in [0, 0.1) is 3.57 Å². The lowest BCUT2D eigenvalue weighted by Crippen LogP contribution is -2.07. The first-order valence-corrected chi connectivity index (χ1v) is 8.61. The second-order valence-electron chi connectivity index (χ2n) is 4.22. The largest absolute Gasteiger partial charge is 0.323 e. The molecule has 0 saturated carbocycles. The molecule has 1 unspecified atom stereocenters. The summed E-state index contributed by atoms with van der Waals surface area (Å²) in [6, 6.07) is 10.9. The molecular weight excluding hydrogens is 421 g/mol. The predicted molar refractivity (Wildman–Crippen MR) is 92.0 cm³/mol. The van der Waals surface area contributed by atoms with E-state index in [1.807, 2.05) is 0 Å². The summed E-state index contributed by atoms with van der Waals surface area (Å²) < 4.78 is 2.39. The Hall–Kier alpha value is 0.0900. The minimum Gasteiger partial charge on any atom is -0.323 e. The van der Waals surface area contributed by atoms with Gasteiger partial charge in [-0.15, -0.1) is 11.3 Å². The molecule has 0 bridgehead atoms. The maximum atomic E-state index is 6.16. The van der Waals surface area contributed by atoms with E-state index in [9.17, 15) is 0 Å². The molecule has 0 aliphatic carbocycles. The van der Waals surface area contributed by atoms with Gasteiger partial charge in [-0.25, -0.2) is 0 Å². The highest BCUT2D eigenvalue weighted by Crippen LogP contribution is 2.36. The molecule has 1 atom stereocenters. The quantitative estimate of drug-likeness (QED) is 0.623. The van der Waals surface area contributed by atoms with Crippen LogP contribution in [0.1, 0.15) is 30.7 Å². The molecule has 0 aliphatic heterocycles. The Labute approximate surface area is 134 Å². The van der Waals surface area contributed by atoms with Crippen LogP contribution in [0.5, 0.6) is 0 Å². The first-order valence-electron chi connectivity index (χ1n) is 5.92. The Morgan fingerprint density at radius 2 is 2.11 bits per heavy atom. The number of halogens is 2. The third-order valence-electron chi connectivity index (χ3n) is 2.79. The van der Waals surface area contributed by atoms with Gasteiger partial charge in [0.2, 0.25) is 0 Å². The Balaban J connectivity index is 2.32. The molecule has 0 radical (unpaired) electrons. The van der Waals surface area contributed by atoms with E-state index in [4.69, 9.17) is 5.73 Å². The summed E-state index contributed by atoms with van der Waals surface area (Å²) in [5.74, 6) is 0. The first kappa shape index (κ1) is 14.5. The van der Waals surface area contributed by atoms with Gasteiger partial charge < -0.3 is 5.73 Å². The fraction of sp³-hybridized carbons (Fsp3) is 0.286. The highest BCUT2D eigenvalue weighted by molar-refractivity contribution is 14.1. The summed E-state index contributed by atoms with van der Waals surface area (Å²) in [5.41, 5.74) is 7.41. The third-order valence-corrected chi connectivity index (χ3v) is 5.40. The molecule has 1 heterocycles. The minimum absolute atomic E-state index is 0.176. The van der Waals surface area contributed by atoms with E-state index in [0.717, 1.165) is 17.3 Å². The highest BCUT2D eigenvalue weighted by Gasteiger charge is 2.11. The van der Waals surface area contributed by atoms with Crippen molar-refractivity contribution in [2.24, 2.45) is 5.73 Å². The van der Waals surface area contributed by atoms with Gasteiger partial charge in [-0.1, -0.05) is 29.3 Å². The molecule has 18 heavy (non-hydrogen) atoms. The average molecular weight is 436 g/mol. The number of benzene rings is 1. The summed E-state index contributed by atoms with van der Waals surface area (Å²) in [4.78, 5) is 2.56. The molecule has 0 spiro atoms. The van der Waals surface area contributed by atoms with E-state index in [1.165, 1.54) is 18.9 Å². The van der Waals surface area contributed by atoms with Crippen molar-refractivity contribution < 1.29 is 0 Å². The molecule has 0 saturated heterocycles. The summed E-state index contributed by atoms with van der Waals surface area (Å²) in [7, 11) is 0. The predicted octanol–water partition coefficient (Wildman–Crippen LogP) is 5.58. The van der Waals surface area contributed by atoms with E-state index < -0.39 is 0 Å². The number of rotatable bonds is 4. The molecule has 0 aliphatic rings. The van der Waals surface area contributed by atoms with Gasteiger partial charge in [-0.2, -0.15) is 0 Å². The number of thiophene rings is 1. The van der Waals surface area contributed by atoms with Crippen LogP contribution in [0.2, 0.25) is 0 Å². The van der Waals surface area contributed by atoms with Gasteiger partial charge in [-0.05, 0) is 59.3 Å². The zero-order valence-electron chi connectivity index (χ0n) is 10.1. The molecule has 1 nitrogen and oxygen atoms in total. The van der Waals surface area contributed by atoms with Crippen molar-refractivity contribution in [3.05, 3.63) is 43.3 Å². The van der Waals surface area contributed by atoms with Crippen molar-refractivity contribution >= 4 is 49.9 Å². The lowest BCUT2D eigenvalue weighted by molar-refractivity contribution is 0.648. The van der Waals surface area contributed by atoms with Crippen LogP contribution in [-0.4, -0.2) is 0 Å². The molecule has 1 aromatic carbocycles. The Morgan fingerprint density at radius 1 is 1.33 bits per heavy atom. The smallest absolute Gasteiger partial charge is 0.0389 e. The van der Waals surface area contributed by atoms with Gasteiger partial charge >= 0.3 is 0 Å². The van der Waals surface area contributed by atoms with E-state index in [1.54, 1.807) is 11.3 Å². The van der Waals surface area contributed by atoms with Gasteiger partial charge in [0.25, 0.3) is 0 Å². The number of hydrogen-bond donors (Lipinski definition) is 1. The number of hydrogen-bond acceptors (Lipinski definition) is 2. The summed E-state index contributed by atoms with van der Waals surface area (Å²) >= 11 is 7.76. The van der Waals surface area contributed by atoms with Crippen LogP contribution in [0.25, 0.3) is 10.4 Å².